The Morgan fingerprint density at radius 2 is 1.90 bits per heavy atom. The molecule has 1 atom stereocenters. The lowest BCUT2D eigenvalue weighted by molar-refractivity contribution is -0.123. The van der Waals surface area contributed by atoms with E-state index in [0.29, 0.717) is 0 Å². The zero-order valence-corrected chi connectivity index (χ0v) is 17.5. The van der Waals surface area contributed by atoms with Gasteiger partial charge in [0, 0.05) is 13.7 Å². The van der Waals surface area contributed by atoms with Crippen molar-refractivity contribution in [1.82, 2.24) is 10.0 Å². The van der Waals surface area contributed by atoms with Crippen LogP contribution in [0, 0.1) is 5.82 Å². The Morgan fingerprint density at radius 1 is 1.21 bits per heavy atom. The maximum Gasteiger partial charge on any atom is 0.258 e. The summed E-state index contributed by atoms with van der Waals surface area (Å²) in [6.07, 6.45) is 0. The third kappa shape index (κ3) is 6.97. The van der Waals surface area contributed by atoms with Gasteiger partial charge < -0.3 is 14.8 Å². The number of sulfonamides is 1. The number of hydrogen-bond acceptors (Lipinski definition) is 5. The van der Waals surface area contributed by atoms with Crippen molar-refractivity contribution in [1.29, 1.82) is 0 Å². The molecule has 2 aromatic carbocycles. The smallest absolute Gasteiger partial charge is 0.258 e. The van der Waals surface area contributed by atoms with Gasteiger partial charge in [-0.15, -0.1) is 0 Å². The molecule has 0 aromatic heterocycles. The van der Waals surface area contributed by atoms with Crippen LogP contribution >= 0.6 is 11.6 Å². The van der Waals surface area contributed by atoms with Crippen LogP contribution in [0.4, 0.5) is 4.39 Å². The van der Waals surface area contributed by atoms with Gasteiger partial charge in [-0.3, -0.25) is 4.79 Å². The summed E-state index contributed by atoms with van der Waals surface area (Å²) < 4.78 is 49.9. The van der Waals surface area contributed by atoms with Crippen molar-refractivity contribution >= 4 is 27.5 Å². The van der Waals surface area contributed by atoms with Gasteiger partial charge in [-0.05, 0) is 42.8 Å². The maximum atomic E-state index is 13.0. The summed E-state index contributed by atoms with van der Waals surface area (Å²) in [7, 11) is -2.26. The molecule has 2 rings (SSSR count). The third-order valence-corrected chi connectivity index (χ3v) is 5.67. The minimum atomic E-state index is -3.73. The van der Waals surface area contributed by atoms with Gasteiger partial charge in [-0.25, -0.2) is 17.5 Å². The van der Waals surface area contributed by atoms with Crippen LogP contribution in [0.25, 0.3) is 0 Å². The number of nitrogens with one attached hydrogen (secondary N) is 2. The lowest BCUT2D eigenvalue weighted by Gasteiger charge is -2.15. The molecular formula is C19H22ClFN2O5S. The summed E-state index contributed by atoms with van der Waals surface area (Å²) in [5, 5.41) is 2.78. The van der Waals surface area contributed by atoms with E-state index in [2.05, 4.69) is 10.0 Å². The Morgan fingerprint density at radius 3 is 2.52 bits per heavy atom. The van der Waals surface area contributed by atoms with Crippen molar-refractivity contribution in [3.8, 4) is 5.75 Å². The summed E-state index contributed by atoms with van der Waals surface area (Å²) in [4.78, 5) is 12.1. The largest absolute Gasteiger partial charge is 0.482 e. The van der Waals surface area contributed by atoms with E-state index in [1.165, 1.54) is 37.4 Å². The second-order valence-corrected chi connectivity index (χ2v) is 8.29. The average molecular weight is 445 g/mol. The SMILES string of the molecule is COCCNS(=O)(=O)c1ccc(OCC(=O)NC(C)c2ccc(F)cc2)c(Cl)c1. The quantitative estimate of drug-likeness (QED) is 0.549. The molecular weight excluding hydrogens is 423 g/mol. The van der Waals surface area contributed by atoms with Crippen molar-refractivity contribution in [2.75, 3.05) is 26.9 Å². The van der Waals surface area contributed by atoms with E-state index < -0.39 is 15.9 Å². The molecule has 1 amide bonds. The highest BCUT2D eigenvalue weighted by molar-refractivity contribution is 7.89. The molecule has 0 aliphatic carbocycles. The van der Waals surface area contributed by atoms with Crippen molar-refractivity contribution in [2.45, 2.75) is 17.9 Å². The predicted octanol–water partition coefficient (Wildman–Crippen LogP) is 2.66. The van der Waals surface area contributed by atoms with Gasteiger partial charge in [-0.1, -0.05) is 23.7 Å². The first-order chi connectivity index (χ1) is 13.7. The lowest BCUT2D eigenvalue weighted by atomic mass is 10.1. The summed E-state index contributed by atoms with van der Waals surface area (Å²) in [6, 6.07) is 9.40. The molecule has 0 bridgehead atoms. The third-order valence-electron chi connectivity index (χ3n) is 3.92. The topological polar surface area (TPSA) is 93.7 Å². The van der Waals surface area contributed by atoms with Crippen LogP contribution in [0.5, 0.6) is 5.75 Å². The first-order valence-corrected chi connectivity index (χ1v) is 10.5. The number of amides is 1. The Labute approximate surface area is 174 Å². The van der Waals surface area contributed by atoms with Crippen LogP contribution in [-0.2, 0) is 19.6 Å². The monoisotopic (exact) mass is 444 g/mol. The molecule has 0 radical (unpaired) electrons. The molecule has 2 aromatic rings. The number of rotatable bonds is 10. The molecule has 0 saturated heterocycles. The van der Waals surface area contributed by atoms with Crippen molar-refractivity contribution in [2.24, 2.45) is 0 Å². The average Bonchev–Trinajstić information content (AvgIpc) is 2.67. The van der Waals surface area contributed by atoms with E-state index in [1.807, 2.05) is 0 Å². The highest BCUT2D eigenvalue weighted by Crippen LogP contribution is 2.27. The van der Waals surface area contributed by atoms with Crippen LogP contribution in [0.1, 0.15) is 18.5 Å². The Balaban J connectivity index is 1.93. The van der Waals surface area contributed by atoms with Gasteiger partial charge in [0.05, 0.1) is 22.6 Å². The van der Waals surface area contributed by atoms with Crippen LogP contribution in [-0.4, -0.2) is 41.2 Å². The van der Waals surface area contributed by atoms with E-state index in [4.69, 9.17) is 21.1 Å². The van der Waals surface area contributed by atoms with Gasteiger partial charge in [0.25, 0.3) is 5.91 Å². The number of methoxy groups -OCH3 is 1. The molecule has 0 saturated carbocycles. The van der Waals surface area contributed by atoms with Crippen LogP contribution < -0.4 is 14.8 Å². The summed E-state index contributed by atoms with van der Waals surface area (Å²) in [5.74, 6) is -0.590. The summed E-state index contributed by atoms with van der Waals surface area (Å²) in [5.41, 5.74) is 0.744. The fraction of sp³-hybridized carbons (Fsp3) is 0.316. The van der Waals surface area contributed by atoms with Gasteiger partial charge in [0.1, 0.15) is 11.6 Å². The lowest BCUT2D eigenvalue weighted by Crippen LogP contribution is -2.31. The second-order valence-electron chi connectivity index (χ2n) is 6.11. The van der Waals surface area contributed by atoms with Gasteiger partial charge >= 0.3 is 0 Å². The molecule has 158 valence electrons. The van der Waals surface area contributed by atoms with E-state index in [1.54, 1.807) is 19.1 Å². The number of carbonyl (C=O) groups is 1. The van der Waals surface area contributed by atoms with Crippen molar-refractivity contribution in [3.05, 3.63) is 58.9 Å². The molecule has 0 heterocycles. The molecule has 0 aliphatic heterocycles. The highest BCUT2D eigenvalue weighted by Gasteiger charge is 2.16. The molecule has 10 heteroatoms. The Kier molecular flexibility index (Phi) is 8.39. The fourth-order valence-corrected chi connectivity index (χ4v) is 3.73. The minimum Gasteiger partial charge on any atom is -0.482 e. The number of halogens is 2. The highest BCUT2D eigenvalue weighted by atomic mass is 35.5. The van der Waals surface area contributed by atoms with E-state index in [0.717, 1.165) is 5.56 Å². The first-order valence-electron chi connectivity index (χ1n) is 8.68. The Hall–Kier alpha value is -2.20. The van der Waals surface area contributed by atoms with E-state index in [-0.39, 0.29) is 47.3 Å². The second kappa shape index (κ2) is 10.5. The van der Waals surface area contributed by atoms with Crippen LogP contribution in [0.15, 0.2) is 47.4 Å². The number of benzene rings is 2. The standard InChI is InChI=1S/C19H22ClFN2O5S/c1-13(14-3-5-15(21)6-4-14)23-19(24)12-28-18-8-7-16(11-17(18)20)29(25,26)22-9-10-27-2/h3-8,11,13,22H,9-10,12H2,1-2H3,(H,23,24). The summed E-state index contributed by atoms with van der Waals surface area (Å²) in [6.45, 7) is 1.80. The molecule has 29 heavy (non-hydrogen) atoms. The number of hydrogen-bond donors (Lipinski definition) is 2. The molecule has 0 spiro atoms. The van der Waals surface area contributed by atoms with Gasteiger partial charge in [0.2, 0.25) is 10.0 Å². The number of ether oxygens (including phenoxy) is 2. The van der Waals surface area contributed by atoms with E-state index >= 15 is 0 Å². The van der Waals surface area contributed by atoms with Crippen LogP contribution in [0.3, 0.4) is 0 Å². The zero-order chi connectivity index (χ0) is 21.4. The Bertz CT molecular complexity index is 938. The molecule has 7 nitrogen and oxygen atoms in total. The van der Waals surface area contributed by atoms with Crippen molar-refractivity contribution < 1.29 is 27.1 Å². The zero-order valence-electron chi connectivity index (χ0n) is 15.9. The van der Waals surface area contributed by atoms with Gasteiger partial charge in [-0.2, -0.15) is 0 Å². The normalized spacial score (nSPS) is 12.4. The summed E-state index contributed by atoms with van der Waals surface area (Å²) >= 11 is 6.09. The van der Waals surface area contributed by atoms with Crippen LogP contribution in [0.2, 0.25) is 5.02 Å². The predicted molar refractivity (Wildman–Crippen MR) is 107 cm³/mol. The maximum absolute atomic E-state index is 13.0. The molecule has 2 N–H and O–H groups in total. The minimum absolute atomic E-state index is 0.0275. The van der Waals surface area contributed by atoms with Gasteiger partial charge in [0.15, 0.2) is 6.61 Å². The molecule has 0 fully saturated rings. The molecule has 0 aliphatic rings. The fourth-order valence-electron chi connectivity index (χ4n) is 2.39. The molecule has 1 unspecified atom stereocenters. The van der Waals surface area contributed by atoms with Crippen molar-refractivity contribution in [3.63, 3.8) is 0 Å². The number of carbonyl (C=O) groups excluding carboxylic acids is 1. The van der Waals surface area contributed by atoms with E-state index in [9.17, 15) is 17.6 Å². The first kappa shape index (κ1) is 23.1.